The van der Waals surface area contributed by atoms with Gasteiger partial charge < -0.3 is 4.90 Å². The Hall–Kier alpha value is -2.26. The van der Waals surface area contributed by atoms with E-state index in [1.54, 1.807) is 4.90 Å². The molecular weight excluding hydrogens is 212 g/mol. The van der Waals surface area contributed by atoms with Gasteiger partial charge in [-0.3, -0.25) is 4.79 Å². The van der Waals surface area contributed by atoms with Gasteiger partial charge in [-0.05, 0) is 17.7 Å². The number of rotatable bonds is 2. The highest BCUT2D eigenvalue weighted by Gasteiger charge is 2.29. The van der Waals surface area contributed by atoms with Gasteiger partial charge in [-0.15, -0.1) is 12.3 Å². The fourth-order valence-electron chi connectivity index (χ4n) is 1.95. The summed E-state index contributed by atoms with van der Waals surface area (Å²) in [5, 5.41) is 8.57. The molecule has 0 aliphatic carbocycles. The van der Waals surface area contributed by atoms with E-state index >= 15 is 0 Å². The molecule has 1 aliphatic heterocycles. The summed E-state index contributed by atoms with van der Waals surface area (Å²) in [7, 11) is 0. The van der Waals surface area contributed by atoms with Crippen molar-refractivity contribution in [1.29, 1.82) is 5.26 Å². The lowest BCUT2D eigenvalue weighted by atomic mass is 10.1. The standard InChI is InChI=1S/C14H12N2O/c1-2-11-9-14(17)16(10-11)13-5-3-12(4-6-13)7-8-15/h1,3-6,11H,7,9-10H2. The first-order chi connectivity index (χ1) is 8.24. The second kappa shape index (κ2) is 4.72. The number of terminal acetylenes is 1. The quantitative estimate of drug-likeness (QED) is 0.718. The number of nitriles is 1. The van der Waals surface area contributed by atoms with Crippen LogP contribution in [0.2, 0.25) is 0 Å². The summed E-state index contributed by atoms with van der Waals surface area (Å²) in [6, 6.07) is 9.56. The maximum atomic E-state index is 11.7. The van der Waals surface area contributed by atoms with Crippen LogP contribution in [0.4, 0.5) is 5.69 Å². The number of carbonyl (C=O) groups is 1. The fourth-order valence-corrected chi connectivity index (χ4v) is 1.95. The molecule has 3 nitrogen and oxygen atoms in total. The fraction of sp³-hybridized carbons (Fsp3) is 0.286. The van der Waals surface area contributed by atoms with E-state index in [0.717, 1.165) is 11.3 Å². The maximum absolute atomic E-state index is 11.7. The lowest BCUT2D eigenvalue weighted by molar-refractivity contribution is -0.117. The van der Waals surface area contributed by atoms with Crippen molar-refractivity contribution < 1.29 is 4.79 Å². The topological polar surface area (TPSA) is 44.1 Å². The molecular formula is C14H12N2O. The van der Waals surface area contributed by atoms with Crippen molar-refractivity contribution in [3.63, 3.8) is 0 Å². The van der Waals surface area contributed by atoms with Crippen LogP contribution in [0.25, 0.3) is 0 Å². The second-order valence-electron chi connectivity index (χ2n) is 4.07. The minimum absolute atomic E-state index is 0.0151. The van der Waals surface area contributed by atoms with E-state index in [-0.39, 0.29) is 11.8 Å². The summed E-state index contributed by atoms with van der Waals surface area (Å²) in [5.74, 6) is 2.71. The van der Waals surface area contributed by atoms with Gasteiger partial charge in [0.1, 0.15) is 0 Å². The third-order valence-corrected chi connectivity index (χ3v) is 2.89. The Morgan fingerprint density at radius 3 is 2.65 bits per heavy atom. The third-order valence-electron chi connectivity index (χ3n) is 2.89. The van der Waals surface area contributed by atoms with Gasteiger partial charge in [-0.1, -0.05) is 12.1 Å². The SMILES string of the molecule is C#CC1CC(=O)N(c2ccc(CC#N)cc2)C1. The van der Waals surface area contributed by atoms with Crippen molar-refractivity contribution in [3.05, 3.63) is 29.8 Å². The molecule has 0 spiro atoms. The maximum Gasteiger partial charge on any atom is 0.228 e. The van der Waals surface area contributed by atoms with Crippen LogP contribution >= 0.6 is 0 Å². The van der Waals surface area contributed by atoms with E-state index in [4.69, 9.17) is 11.7 Å². The Morgan fingerprint density at radius 2 is 2.12 bits per heavy atom. The van der Waals surface area contributed by atoms with Gasteiger partial charge >= 0.3 is 0 Å². The molecule has 0 saturated carbocycles. The van der Waals surface area contributed by atoms with Crippen molar-refractivity contribution in [2.75, 3.05) is 11.4 Å². The normalized spacial score (nSPS) is 18.8. The Labute approximate surface area is 101 Å². The van der Waals surface area contributed by atoms with Crippen LogP contribution in [0.5, 0.6) is 0 Å². The second-order valence-corrected chi connectivity index (χ2v) is 4.07. The number of hydrogen-bond donors (Lipinski definition) is 0. The van der Waals surface area contributed by atoms with Crippen LogP contribution in [0.1, 0.15) is 12.0 Å². The van der Waals surface area contributed by atoms with Gasteiger partial charge in [-0.2, -0.15) is 5.26 Å². The van der Waals surface area contributed by atoms with Crippen LogP contribution in [0.3, 0.4) is 0 Å². The number of anilines is 1. The Bertz CT molecular complexity index is 505. The van der Waals surface area contributed by atoms with Crippen LogP contribution in [-0.4, -0.2) is 12.5 Å². The van der Waals surface area contributed by atoms with Crippen LogP contribution in [0.15, 0.2) is 24.3 Å². The zero-order chi connectivity index (χ0) is 12.3. The predicted molar refractivity (Wildman–Crippen MR) is 65.1 cm³/mol. The summed E-state index contributed by atoms with van der Waals surface area (Å²) in [4.78, 5) is 13.4. The highest BCUT2D eigenvalue weighted by atomic mass is 16.2. The Kier molecular flexibility index (Phi) is 3.12. The van der Waals surface area contributed by atoms with Crippen molar-refractivity contribution in [2.45, 2.75) is 12.8 Å². The molecule has 1 aliphatic rings. The van der Waals surface area contributed by atoms with E-state index < -0.39 is 0 Å². The predicted octanol–water partition coefficient (Wildman–Crippen LogP) is 1.74. The van der Waals surface area contributed by atoms with Gasteiger partial charge in [0.15, 0.2) is 0 Å². The molecule has 1 saturated heterocycles. The molecule has 1 heterocycles. The molecule has 1 atom stereocenters. The molecule has 84 valence electrons. The van der Waals surface area contributed by atoms with E-state index in [1.165, 1.54) is 0 Å². The molecule has 1 amide bonds. The van der Waals surface area contributed by atoms with Crippen LogP contribution in [0, 0.1) is 29.6 Å². The molecule has 1 aromatic carbocycles. The van der Waals surface area contributed by atoms with E-state index in [9.17, 15) is 4.79 Å². The smallest absolute Gasteiger partial charge is 0.228 e. The first kappa shape index (κ1) is 11.2. The average Bonchev–Trinajstić information content (AvgIpc) is 2.72. The third kappa shape index (κ3) is 2.29. The van der Waals surface area contributed by atoms with Crippen LogP contribution in [-0.2, 0) is 11.2 Å². The average molecular weight is 224 g/mol. The molecule has 0 N–H and O–H groups in total. The molecule has 0 radical (unpaired) electrons. The summed E-state index contributed by atoms with van der Waals surface area (Å²) in [6.07, 6.45) is 6.15. The summed E-state index contributed by atoms with van der Waals surface area (Å²) < 4.78 is 0. The monoisotopic (exact) mass is 224 g/mol. The number of amides is 1. The number of hydrogen-bond acceptors (Lipinski definition) is 2. The van der Waals surface area contributed by atoms with E-state index in [0.29, 0.717) is 19.4 Å². The molecule has 2 rings (SSSR count). The summed E-state index contributed by atoms with van der Waals surface area (Å²) in [6.45, 7) is 0.590. The van der Waals surface area contributed by atoms with Gasteiger partial charge in [-0.25, -0.2) is 0 Å². The first-order valence-corrected chi connectivity index (χ1v) is 5.47. The van der Waals surface area contributed by atoms with Gasteiger partial charge in [0.05, 0.1) is 12.5 Å². The van der Waals surface area contributed by atoms with Crippen molar-refractivity contribution >= 4 is 11.6 Å². The van der Waals surface area contributed by atoms with Crippen molar-refractivity contribution in [1.82, 2.24) is 0 Å². The van der Waals surface area contributed by atoms with Crippen molar-refractivity contribution in [2.24, 2.45) is 5.92 Å². The largest absolute Gasteiger partial charge is 0.311 e. The zero-order valence-corrected chi connectivity index (χ0v) is 9.39. The summed E-state index contributed by atoms with van der Waals surface area (Å²) in [5.41, 5.74) is 1.81. The molecule has 3 heteroatoms. The molecule has 0 bridgehead atoms. The molecule has 1 aromatic rings. The van der Waals surface area contributed by atoms with Gasteiger partial charge in [0, 0.05) is 24.6 Å². The highest BCUT2D eigenvalue weighted by molar-refractivity contribution is 5.96. The summed E-state index contributed by atoms with van der Waals surface area (Å²) >= 11 is 0. The Balaban J connectivity index is 2.16. The highest BCUT2D eigenvalue weighted by Crippen LogP contribution is 2.24. The van der Waals surface area contributed by atoms with Crippen LogP contribution < -0.4 is 4.90 Å². The zero-order valence-electron chi connectivity index (χ0n) is 9.39. The van der Waals surface area contributed by atoms with Gasteiger partial charge in [0.2, 0.25) is 5.91 Å². The van der Waals surface area contributed by atoms with Crippen molar-refractivity contribution in [3.8, 4) is 18.4 Å². The number of carbonyl (C=O) groups excluding carboxylic acids is 1. The molecule has 1 fully saturated rings. The first-order valence-electron chi connectivity index (χ1n) is 5.47. The lowest BCUT2D eigenvalue weighted by Crippen LogP contribution is -2.24. The number of nitrogens with zero attached hydrogens (tertiary/aromatic N) is 2. The van der Waals surface area contributed by atoms with E-state index in [1.807, 2.05) is 24.3 Å². The molecule has 0 aromatic heterocycles. The lowest BCUT2D eigenvalue weighted by Gasteiger charge is -2.16. The molecule has 1 unspecified atom stereocenters. The Morgan fingerprint density at radius 1 is 1.41 bits per heavy atom. The minimum Gasteiger partial charge on any atom is -0.311 e. The molecule has 17 heavy (non-hydrogen) atoms. The van der Waals surface area contributed by atoms with Gasteiger partial charge in [0.25, 0.3) is 0 Å². The van der Waals surface area contributed by atoms with E-state index in [2.05, 4.69) is 12.0 Å². The number of benzene rings is 1. The minimum atomic E-state index is 0.0151.